The van der Waals surface area contributed by atoms with Crippen LogP contribution in [0.5, 0.6) is 0 Å². The van der Waals surface area contributed by atoms with Gasteiger partial charge in [0.15, 0.2) is 0 Å². The van der Waals surface area contributed by atoms with Crippen molar-refractivity contribution in [2.24, 2.45) is 0 Å². The molecule has 1 saturated heterocycles. The van der Waals surface area contributed by atoms with Crippen molar-refractivity contribution in [3.8, 4) is 0 Å². The highest BCUT2D eigenvalue weighted by molar-refractivity contribution is 5.78. The molecule has 1 saturated carbocycles. The number of hydrogen-bond acceptors (Lipinski definition) is 2. The minimum atomic E-state index is -0.185. The van der Waals surface area contributed by atoms with E-state index in [4.69, 9.17) is 0 Å². The average molecular weight is 315 g/mol. The van der Waals surface area contributed by atoms with E-state index in [1.807, 2.05) is 11.8 Å². The number of carbonyl (C=O) groups is 2. The highest BCUT2D eigenvalue weighted by Crippen LogP contribution is 2.39. The van der Waals surface area contributed by atoms with E-state index >= 15 is 0 Å². The predicted octanol–water partition coefficient (Wildman–Crippen LogP) is 2.37. The minimum Gasteiger partial charge on any atom is -0.341 e. The van der Waals surface area contributed by atoms with Crippen LogP contribution in [0, 0.1) is 0 Å². The normalized spacial score (nSPS) is 18.8. The highest BCUT2D eigenvalue weighted by atomic mass is 16.2. The predicted molar refractivity (Wildman–Crippen MR) is 89.1 cm³/mol. The zero-order valence-corrected chi connectivity index (χ0v) is 13.7. The Hall–Kier alpha value is -2.04. The maximum absolute atomic E-state index is 11.9. The molecule has 1 aliphatic heterocycles. The molecule has 2 aliphatic rings. The molecule has 0 bridgehead atoms. The van der Waals surface area contributed by atoms with E-state index in [0.717, 1.165) is 24.4 Å². The fraction of sp³-hybridized carbons (Fsp3) is 0.556. The second kappa shape index (κ2) is 7.02. The lowest BCUT2D eigenvalue weighted by atomic mass is 10.1. The van der Waals surface area contributed by atoms with Gasteiger partial charge in [0.1, 0.15) is 0 Å². The number of amides is 3. The summed E-state index contributed by atoms with van der Waals surface area (Å²) in [5, 5.41) is 5.77. The summed E-state index contributed by atoms with van der Waals surface area (Å²) in [6, 6.07) is 8.26. The van der Waals surface area contributed by atoms with Gasteiger partial charge in [-0.25, -0.2) is 4.79 Å². The molecule has 3 rings (SSSR count). The standard InChI is InChI=1S/C18H25N3O2/c1-13(12-21-10-2-3-17(21)22)20-18(23)19-11-14-4-6-15(7-5-14)16-8-9-16/h4-7,13,16H,2-3,8-12H2,1H3,(H2,19,20,23)/t13-/m1/s1. The molecule has 0 unspecified atom stereocenters. The third kappa shape index (κ3) is 4.47. The number of benzene rings is 1. The van der Waals surface area contributed by atoms with Crippen LogP contribution in [-0.2, 0) is 11.3 Å². The summed E-state index contributed by atoms with van der Waals surface area (Å²) in [6.07, 6.45) is 4.17. The quantitative estimate of drug-likeness (QED) is 0.846. The molecule has 0 radical (unpaired) electrons. The molecule has 1 aliphatic carbocycles. The summed E-state index contributed by atoms with van der Waals surface area (Å²) in [4.78, 5) is 25.3. The van der Waals surface area contributed by atoms with E-state index in [2.05, 4.69) is 34.9 Å². The molecule has 1 aromatic carbocycles. The van der Waals surface area contributed by atoms with Crippen molar-refractivity contribution in [1.29, 1.82) is 0 Å². The highest BCUT2D eigenvalue weighted by Gasteiger charge is 2.23. The van der Waals surface area contributed by atoms with Gasteiger partial charge in [-0.2, -0.15) is 0 Å². The molecule has 23 heavy (non-hydrogen) atoms. The number of nitrogens with zero attached hydrogens (tertiary/aromatic N) is 1. The van der Waals surface area contributed by atoms with Gasteiger partial charge >= 0.3 is 6.03 Å². The Morgan fingerprint density at radius 1 is 1.30 bits per heavy atom. The van der Waals surface area contributed by atoms with Crippen molar-refractivity contribution in [3.63, 3.8) is 0 Å². The van der Waals surface area contributed by atoms with Crippen molar-refractivity contribution < 1.29 is 9.59 Å². The van der Waals surface area contributed by atoms with Crippen molar-refractivity contribution in [1.82, 2.24) is 15.5 Å². The first-order chi connectivity index (χ1) is 11.1. The van der Waals surface area contributed by atoms with E-state index in [0.29, 0.717) is 19.5 Å². The zero-order chi connectivity index (χ0) is 16.2. The number of urea groups is 1. The van der Waals surface area contributed by atoms with Gasteiger partial charge in [0.05, 0.1) is 0 Å². The number of likely N-dealkylation sites (tertiary alicyclic amines) is 1. The fourth-order valence-electron chi connectivity index (χ4n) is 3.05. The summed E-state index contributed by atoms with van der Waals surface area (Å²) >= 11 is 0. The van der Waals surface area contributed by atoms with Crippen LogP contribution in [0.2, 0.25) is 0 Å². The van der Waals surface area contributed by atoms with E-state index in [1.165, 1.54) is 18.4 Å². The SMILES string of the molecule is C[C@H](CN1CCCC1=O)NC(=O)NCc1ccc(C2CC2)cc1. The van der Waals surface area contributed by atoms with E-state index in [-0.39, 0.29) is 18.0 Å². The molecule has 1 aromatic rings. The number of carbonyl (C=O) groups excluding carboxylic acids is 2. The monoisotopic (exact) mass is 315 g/mol. The lowest BCUT2D eigenvalue weighted by molar-refractivity contribution is -0.127. The molecule has 0 aromatic heterocycles. The topological polar surface area (TPSA) is 61.4 Å². The van der Waals surface area contributed by atoms with Crippen molar-refractivity contribution in [3.05, 3.63) is 35.4 Å². The van der Waals surface area contributed by atoms with Gasteiger partial charge in [-0.05, 0) is 43.2 Å². The van der Waals surface area contributed by atoms with Gasteiger partial charge in [-0.15, -0.1) is 0 Å². The van der Waals surface area contributed by atoms with Gasteiger partial charge in [0.25, 0.3) is 0 Å². The van der Waals surface area contributed by atoms with Crippen molar-refractivity contribution in [2.75, 3.05) is 13.1 Å². The molecule has 2 N–H and O–H groups in total. The minimum absolute atomic E-state index is 0.0470. The van der Waals surface area contributed by atoms with Gasteiger partial charge in [0, 0.05) is 32.1 Å². The Labute approximate surface area is 137 Å². The number of rotatable bonds is 6. The summed E-state index contributed by atoms with van der Waals surface area (Å²) in [7, 11) is 0. The zero-order valence-electron chi connectivity index (χ0n) is 13.7. The van der Waals surface area contributed by atoms with Crippen LogP contribution in [0.3, 0.4) is 0 Å². The molecule has 124 valence electrons. The second-order valence-electron chi connectivity index (χ2n) is 6.69. The molecule has 5 heteroatoms. The largest absolute Gasteiger partial charge is 0.341 e. The Morgan fingerprint density at radius 2 is 2.04 bits per heavy atom. The van der Waals surface area contributed by atoms with E-state index in [9.17, 15) is 9.59 Å². The fourth-order valence-corrected chi connectivity index (χ4v) is 3.05. The first-order valence-corrected chi connectivity index (χ1v) is 8.53. The maximum Gasteiger partial charge on any atom is 0.315 e. The van der Waals surface area contributed by atoms with Crippen LogP contribution in [0.4, 0.5) is 4.79 Å². The van der Waals surface area contributed by atoms with Crippen LogP contribution in [0.15, 0.2) is 24.3 Å². The summed E-state index contributed by atoms with van der Waals surface area (Å²) in [5.41, 5.74) is 2.51. The molecule has 0 spiro atoms. The lowest BCUT2D eigenvalue weighted by Crippen LogP contribution is -2.46. The third-order valence-corrected chi connectivity index (χ3v) is 4.52. The smallest absolute Gasteiger partial charge is 0.315 e. The van der Waals surface area contributed by atoms with E-state index in [1.54, 1.807) is 0 Å². The average Bonchev–Trinajstić information content (AvgIpc) is 3.31. The van der Waals surface area contributed by atoms with Crippen LogP contribution < -0.4 is 10.6 Å². The maximum atomic E-state index is 11.9. The second-order valence-corrected chi connectivity index (χ2v) is 6.69. The third-order valence-electron chi connectivity index (χ3n) is 4.52. The summed E-state index contributed by atoms with van der Waals surface area (Å²) in [6.45, 7) is 3.84. The lowest BCUT2D eigenvalue weighted by Gasteiger charge is -2.21. The number of hydrogen-bond donors (Lipinski definition) is 2. The Bertz CT molecular complexity index is 566. The van der Waals surface area contributed by atoms with Crippen molar-refractivity contribution >= 4 is 11.9 Å². The van der Waals surface area contributed by atoms with Crippen LogP contribution >= 0.6 is 0 Å². The summed E-state index contributed by atoms with van der Waals surface area (Å²) < 4.78 is 0. The number of nitrogens with one attached hydrogen (secondary N) is 2. The summed E-state index contributed by atoms with van der Waals surface area (Å²) in [5.74, 6) is 0.948. The molecule has 1 atom stereocenters. The van der Waals surface area contributed by atoms with Crippen molar-refractivity contribution in [2.45, 2.75) is 51.1 Å². The van der Waals surface area contributed by atoms with E-state index < -0.39 is 0 Å². The molecule has 5 nitrogen and oxygen atoms in total. The molecule has 1 heterocycles. The first-order valence-electron chi connectivity index (χ1n) is 8.53. The molecular formula is C18H25N3O2. The van der Waals surface area contributed by atoms with Gasteiger partial charge < -0.3 is 15.5 Å². The van der Waals surface area contributed by atoms with Gasteiger partial charge in [-0.1, -0.05) is 24.3 Å². The Balaban J connectivity index is 1.39. The Kier molecular flexibility index (Phi) is 4.84. The molecule has 2 fully saturated rings. The Morgan fingerprint density at radius 3 is 2.65 bits per heavy atom. The van der Waals surface area contributed by atoms with Gasteiger partial charge in [0.2, 0.25) is 5.91 Å². The molecular weight excluding hydrogens is 290 g/mol. The van der Waals surface area contributed by atoms with Crippen LogP contribution in [0.25, 0.3) is 0 Å². The van der Waals surface area contributed by atoms with Crippen LogP contribution in [0.1, 0.15) is 49.7 Å². The first kappa shape index (κ1) is 15.8. The molecule has 3 amide bonds. The van der Waals surface area contributed by atoms with Crippen LogP contribution in [-0.4, -0.2) is 36.0 Å². The van der Waals surface area contributed by atoms with Gasteiger partial charge in [-0.3, -0.25) is 4.79 Å².